The molecule has 0 N–H and O–H groups in total. The van der Waals surface area contributed by atoms with Gasteiger partial charge in [0.1, 0.15) is 5.25 Å². The Kier molecular flexibility index (Phi) is 4.54. The van der Waals surface area contributed by atoms with E-state index >= 15 is 0 Å². The van der Waals surface area contributed by atoms with E-state index in [2.05, 4.69) is 11.4 Å². The van der Waals surface area contributed by atoms with E-state index in [1.165, 1.54) is 10.4 Å². The summed E-state index contributed by atoms with van der Waals surface area (Å²) in [4.78, 5) is 29.6. The van der Waals surface area contributed by atoms with Crippen LogP contribution in [-0.2, 0) is 16.0 Å². The van der Waals surface area contributed by atoms with Crippen LogP contribution in [0.4, 0.5) is 0 Å². The van der Waals surface area contributed by atoms with E-state index < -0.39 is 0 Å². The molecule has 0 saturated carbocycles. The Morgan fingerprint density at radius 2 is 1.95 bits per heavy atom. The van der Waals surface area contributed by atoms with Crippen LogP contribution in [0.25, 0.3) is 0 Å². The number of carbonyl (C=O) groups excluding carboxylic acids is 2. The Labute approximate surface area is 133 Å². The molecule has 0 aromatic carbocycles. The molecule has 2 amide bonds. The minimum atomic E-state index is -0.0339. The monoisotopic (exact) mass is 324 g/mol. The second-order valence-electron chi connectivity index (χ2n) is 5.36. The van der Waals surface area contributed by atoms with Crippen LogP contribution in [0.3, 0.4) is 0 Å². The van der Waals surface area contributed by atoms with Crippen molar-refractivity contribution in [1.82, 2.24) is 9.80 Å². The van der Waals surface area contributed by atoms with Gasteiger partial charge in [0.25, 0.3) is 0 Å². The third kappa shape index (κ3) is 2.97. The zero-order chi connectivity index (χ0) is 14.8. The molecule has 3 heterocycles. The lowest BCUT2D eigenvalue weighted by molar-refractivity contribution is -0.139. The van der Waals surface area contributed by atoms with Gasteiger partial charge in [-0.15, -0.1) is 23.1 Å². The number of thioether (sulfide) groups is 1. The Balaban J connectivity index is 1.64. The molecule has 114 valence electrons. The number of amides is 2. The van der Waals surface area contributed by atoms with E-state index in [0.29, 0.717) is 32.6 Å². The zero-order valence-corrected chi connectivity index (χ0v) is 13.8. The van der Waals surface area contributed by atoms with Gasteiger partial charge in [-0.25, -0.2) is 0 Å². The molecule has 1 saturated heterocycles. The van der Waals surface area contributed by atoms with Crippen LogP contribution in [-0.4, -0.2) is 53.5 Å². The normalized spacial score (nSPS) is 22.0. The maximum absolute atomic E-state index is 12.8. The van der Waals surface area contributed by atoms with Crippen molar-refractivity contribution in [3.8, 4) is 0 Å². The van der Waals surface area contributed by atoms with E-state index in [0.717, 1.165) is 12.2 Å². The van der Waals surface area contributed by atoms with E-state index in [-0.39, 0.29) is 17.1 Å². The Morgan fingerprint density at radius 3 is 2.67 bits per heavy atom. The van der Waals surface area contributed by atoms with Crippen molar-refractivity contribution < 1.29 is 9.59 Å². The number of piperazine rings is 1. The molecule has 2 aliphatic heterocycles. The molecule has 0 aliphatic carbocycles. The first-order valence-corrected chi connectivity index (χ1v) is 9.38. The van der Waals surface area contributed by atoms with Crippen LogP contribution in [0.5, 0.6) is 0 Å². The van der Waals surface area contributed by atoms with Gasteiger partial charge in [0.15, 0.2) is 0 Å². The fourth-order valence-corrected chi connectivity index (χ4v) is 5.29. The number of aryl methyl sites for hydroxylation is 1. The van der Waals surface area contributed by atoms with Crippen molar-refractivity contribution in [2.24, 2.45) is 0 Å². The van der Waals surface area contributed by atoms with Crippen molar-refractivity contribution >= 4 is 34.9 Å². The van der Waals surface area contributed by atoms with Gasteiger partial charge in [-0.05, 0) is 29.2 Å². The van der Waals surface area contributed by atoms with Gasteiger partial charge in [-0.1, -0.05) is 6.92 Å². The van der Waals surface area contributed by atoms with Gasteiger partial charge in [0.05, 0.1) is 0 Å². The number of hydrogen-bond acceptors (Lipinski definition) is 4. The Bertz CT molecular complexity index is 536. The topological polar surface area (TPSA) is 40.6 Å². The summed E-state index contributed by atoms with van der Waals surface area (Å²) in [7, 11) is 0. The summed E-state index contributed by atoms with van der Waals surface area (Å²) in [6.45, 7) is 4.57. The summed E-state index contributed by atoms with van der Waals surface area (Å²) in [6.07, 6.45) is 1.63. The van der Waals surface area contributed by atoms with E-state index in [1.807, 2.05) is 16.7 Å². The van der Waals surface area contributed by atoms with Crippen molar-refractivity contribution in [3.63, 3.8) is 0 Å². The lowest BCUT2D eigenvalue weighted by atomic mass is 10.1. The fraction of sp³-hybridized carbons (Fsp3) is 0.600. The molecular weight excluding hydrogens is 304 g/mol. The molecule has 1 aromatic heterocycles. The maximum Gasteiger partial charge on any atom is 0.240 e. The predicted molar refractivity (Wildman–Crippen MR) is 86.7 cm³/mol. The number of rotatable bonds is 2. The third-order valence-corrected chi connectivity index (χ3v) is 6.37. The maximum atomic E-state index is 12.8. The second kappa shape index (κ2) is 6.40. The average molecular weight is 324 g/mol. The van der Waals surface area contributed by atoms with Crippen LogP contribution in [0, 0.1) is 0 Å². The van der Waals surface area contributed by atoms with Crippen LogP contribution in [0.2, 0.25) is 0 Å². The lowest BCUT2D eigenvalue weighted by Gasteiger charge is -2.37. The van der Waals surface area contributed by atoms with Crippen molar-refractivity contribution in [2.75, 3.05) is 31.9 Å². The smallest absolute Gasteiger partial charge is 0.240 e. The summed E-state index contributed by atoms with van der Waals surface area (Å²) in [6, 6.07) is 2.10. The fourth-order valence-electron chi connectivity index (χ4n) is 2.92. The van der Waals surface area contributed by atoms with Gasteiger partial charge < -0.3 is 9.80 Å². The molecule has 3 rings (SSSR count). The minimum Gasteiger partial charge on any atom is -0.339 e. The lowest BCUT2D eigenvalue weighted by Crippen LogP contribution is -2.51. The molecule has 21 heavy (non-hydrogen) atoms. The van der Waals surface area contributed by atoms with Crippen molar-refractivity contribution in [1.29, 1.82) is 0 Å². The number of carbonyl (C=O) groups is 2. The average Bonchev–Trinajstić information content (AvgIpc) is 3.02. The number of nitrogens with zero attached hydrogens (tertiary/aromatic N) is 2. The van der Waals surface area contributed by atoms with Crippen LogP contribution >= 0.6 is 23.1 Å². The highest BCUT2D eigenvalue weighted by atomic mass is 32.2. The molecule has 1 aromatic rings. The van der Waals surface area contributed by atoms with Crippen molar-refractivity contribution in [3.05, 3.63) is 21.9 Å². The second-order valence-corrected chi connectivity index (χ2v) is 7.57. The van der Waals surface area contributed by atoms with Crippen molar-refractivity contribution in [2.45, 2.75) is 25.0 Å². The summed E-state index contributed by atoms with van der Waals surface area (Å²) < 4.78 is 0. The highest BCUT2D eigenvalue weighted by Gasteiger charge is 2.33. The number of fused-ring (bicyclic) bond motifs is 1. The van der Waals surface area contributed by atoms with E-state index in [9.17, 15) is 9.59 Å². The first-order chi connectivity index (χ1) is 10.2. The molecule has 1 atom stereocenters. The molecule has 0 unspecified atom stereocenters. The highest BCUT2D eigenvalue weighted by molar-refractivity contribution is 8.00. The van der Waals surface area contributed by atoms with Gasteiger partial charge in [-0.3, -0.25) is 9.59 Å². The largest absolute Gasteiger partial charge is 0.339 e. The number of hydrogen-bond donors (Lipinski definition) is 0. The molecule has 0 radical (unpaired) electrons. The molecule has 0 bridgehead atoms. The Morgan fingerprint density at radius 1 is 1.24 bits per heavy atom. The summed E-state index contributed by atoms with van der Waals surface area (Å²) in [5, 5.41) is 2.06. The minimum absolute atomic E-state index is 0.0339. The molecule has 1 fully saturated rings. The zero-order valence-electron chi connectivity index (χ0n) is 12.2. The van der Waals surface area contributed by atoms with E-state index in [4.69, 9.17) is 0 Å². The molecule has 4 nitrogen and oxygen atoms in total. The van der Waals surface area contributed by atoms with Gasteiger partial charge in [0, 0.05) is 37.5 Å². The molecule has 0 spiro atoms. The number of thiophene rings is 1. The van der Waals surface area contributed by atoms with Crippen LogP contribution in [0.1, 0.15) is 29.0 Å². The summed E-state index contributed by atoms with van der Waals surface area (Å²) in [5.74, 6) is 1.44. The summed E-state index contributed by atoms with van der Waals surface area (Å²) >= 11 is 3.52. The Hall–Kier alpha value is -1.01. The highest BCUT2D eigenvalue weighted by Crippen LogP contribution is 2.40. The molecule has 2 aliphatic rings. The van der Waals surface area contributed by atoms with Gasteiger partial charge >= 0.3 is 0 Å². The van der Waals surface area contributed by atoms with Crippen LogP contribution < -0.4 is 0 Å². The predicted octanol–water partition coefficient (Wildman–Crippen LogP) is 2.16. The summed E-state index contributed by atoms with van der Waals surface area (Å²) in [5.41, 5.74) is 1.22. The quantitative estimate of drug-likeness (QED) is 0.837. The SMILES string of the molecule is CCC(=O)N1CCN(C(=O)[C@H]2SCCc3sccc32)CC1. The first kappa shape index (κ1) is 14.9. The third-order valence-electron chi connectivity index (χ3n) is 4.15. The van der Waals surface area contributed by atoms with Gasteiger partial charge in [0.2, 0.25) is 11.8 Å². The van der Waals surface area contributed by atoms with Gasteiger partial charge in [-0.2, -0.15) is 0 Å². The standard InChI is InChI=1S/C15H20N2O2S2/c1-2-13(18)16-5-7-17(8-6-16)15(19)14-11-3-9-20-12(11)4-10-21-14/h3,9,14H,2,4-8,10H2,1H3/t14-/m0/s1. The van der Waals surface area contributed by atoms with Crippen LogP contribution in [0.15, 0.2) is 11.4 Å². The first-order valence-electron chi connectivity index (χ1n) is 7.45. The molecular formula is C15H20N2O2S2. The van der Waals surface area contributed by atoms with E-state index in [1.54, 1.807) is 23.1 Å². The molecule has 6 heteroatoms.